The third kappa shape index (κ3) is 1.44. The monoisotopic (exact) mass is 223 g/mol. The van der Waals surface area contributed by atoms with Gasteiger partial charge in [0.05, 0.1) is 6.20 Å². The van der Waals surface area contributed by atoms with E-state index in [9.17, 15) is 14.6 Å². The molecule has 0 saturated heterocycles. The van der Waals surface area contributed by atoms with Crippen LogP contribution in [-0.2, 0) is 7.05 Å². The number of hydrogen-bond acceptors (Lipinski definition) is 4. The molecule has 0 aliphatic rings. The number of benzene rings is 1. The first-order chi connectivity index (χ1) is 7.50. The van der Waals surface area contributed by atoms with E-state index >= 15 is 0 Å². The van der Waals surface area contributed by atoms with Crippen LogP contribution in [0.3, 0.4) is 0 Å². The summed E-state index contributed by atoms with van der Waals surface area (Å²) in [4.78, 5) is 0. The number of anilines is 1. The van der Waals surface area contributed by atoms with Crippen LogP contribution < -0.4 is 5.73 Å². The van der Waals surface area contributed by atoms with Crippen LogP contribution in [0.15, 0.2) is 18.3 Å². The summed E-state index contributed by atoms with van der Waals surface area (Å²) < 4.78 is 14.3. The highest BCUT2D eigenvalue weighted by Crippen LogP contribution is 2.36. The Bertz CT molecular complexity index is 551. The first-order valence-corrected chi connectivity index (χ1v) is 4.50. The summed E-state index contributed by atoms with van der Waals surface area (Å²) in [5, 5.41) is 22.7. The largest absolute Gasteiger partial charge is 0.507 e. The van der Waals surface area contributed by atoms with Gasteiger partial charge in [0, 0.05) is 24.2 Å². The fourth-order valence-electron chi connectivity index (χ4n) is 1.42. The Balaban J connectivity index is 2.65. The van der Waals surface area contributed by atoms with Crippen molar-refractivity contribution < 1.29 is 14.6 Å². The zero-order chi connectivity index (χ0) is 11.9. The fraction of sp³-hybridized carbons (Fsp3) is 0.100. The maximum absolute atomic E-state index is 12.9. The molecule has 4 N–H and O–H groups in total. The van der Waals surface area contributed by atoms with Crippen molar-refractivity contribution in [2.24, 2.45) is 7.05 Å². The Labute approximate surface area is 90.6 Å². The summed E-state index contributed by atoms with van der Waals surface area (Å²) in [5.41, 5.74) is 6.39. The van der Waals surface area contributed by atoms with Gasteiger partial charge >= 0.3 is 0 Å². The Morgan fingerprint density at radius 2 is 1.94 bits per heavy atom. The number of rotatable bonds is 1. The van der Waals surface area contributed by atoms with E-state index < -0.39 is 11.6 Å². The van der Waals surface area contributed by atoms with Crippen molar-refractivity contribution in [2.75, 3.05) is 5.73 Å². The lowest BCUT2D eigenvalue weighted by Gasteiger charge is -2.05. The summed E-state index contributed by atoms with van der Waals surface area (Å²) in [6.45, 7) is 0. The zero-order valence-electron chi connectivity index (χ0n) is 8.48. The molecule has 0 amide bonds. The summed E-state index contributed by atoms with van der Waals surface area (Å²) in [6, 6.07) is 1.94. The maximum atomic E-state index is 12.9. The first kappa shape index (κ1) is 10.3. The van der Waals surface area contributed by atoms with E-state index in [0.29, 0.717) is 11.4 Å². The van der Waals surface area contributed by atoms with Crippen molar-refractivity contribution in [2.45, 2.75) is 0 Å². The summed E-state index contributed by atoms with van der Waals surface area (Å²) in [7, 11) is 1.64. The molecule has 0 spiro atoms. The van der Waals surface area contributed by atoms with Gasteiger partial charge in [-0.2, -0.15) is 5.10 Å². The predicted molar refractivity (Wildman–Crippen MR) is 56.3 cm³/mol. The van der Waals surface area contributed by atoms with Crippen LogP contribution in [0.5, 0.6) is 11.5 Å². The average Bonchev–Trinajstić information content (AvgIpc) is 2.54. The number of nitrogen functional groups attached to an aromatic ring is 1. The van der Waals surface area contributed by atoms with Gasteiger partial charge < -0.3 is 15.9 Å². The van der Waals surface area contributed by atoms with Crippen molar-refractivity contribution in [1.82, 2.24) is 9.78 Å². The lowest BCUT2D eigenvalue weighted by molar-refractivity contribution is 0.422. The minimum atomic E-state index is -0.885. The highest BCUT2D eigenvalue weighted by atomic mass is 19.1. The van der Waals surface area contributed by atoms with Gasteiger partial charge in [0.15, 0.2) is 11.6 Å². The van der Waals surface area contributed by atoms with Crippen LogP contribution >= 0.6 is 0 Å². The summed E-state index contributed by atoms with van der Waals surface area (Å²) in [5.74, 6) is -1.41. The molecule has 5 nitrogen and oxygen atoms in total. The zero-order valence-corrected chi connectivity index (χ0v) is 8.48. The van der Waals surface area contributed by atoms with E-state index in [2.05, 4.69) is 5.10 Å². The van der Waals surface area contributed by atoms with Crippen molar-refractivity contribution in [1.29, 1.82) is 0 Å². The molecule has 2 aromatic rings. The second-order valence-corrected chi connectivity index (χ2v) is 3.39. The Kier molecular flexibility index (Phi) is 2.19. The number of aromatic hydroxyl groups is 2. The van der Waals surface area contributed by atoms with E-state index in [0.717, 1.165) is 12.1 Å². The van der Waals surface area contributed by atoms with Crippen molar-refractivity contribution in [3.05, 3.63) is 24.1 Å². The van der Waals surface area contributed by atoms with Gasteiger partial charge in [-0.1, -0.05) is 0 Å². The quantitative estimate of drug-likeness (QED) is 0.634. The third-order valence-corrected chi connectivity index (χ3v) is 2.34. The van der Waals surface area contributed by atoms with Gasteiger partial charge in [0.2, 0.25) is 0 Å². The van der Waals surface area contributed by atoms with Gasteiger partial charge in [0.1, 0.15) is 11.6 Å². The Morgan fingerprint density at radius 1 is 1.25 bits per heavy atom. The van der Waals surface area contributed by atoms with Gasteiger partial charge in [0.25, 0.3) is 0 Å². The van der Waals surface area contributed by atoms with Gasteiger partial charge in [-0.25, -0.2) is 4.39 Å². The molecule has 84 valence electrons. The molecule has 0 bridgehead atoms. The van der Waals surface area contributed by atoms with E-state index in [1.54, 1.807) is 7.05 Å². The number of nitrogens with zero attached hydrogens (tertiary/aromatic N) is 2. The van der Waals surface area contributed by atoms with Crippen LogP contribution in [0, 0.1) is 5.82 Å². The molecule has 0 aliphatic carbocycles. The maximum Gasteiger partial charge on any atom is 0.168 e. The lowest BCUT2D eigenvalue weighted by atomic mass is 10.1. The smallest absolute Gasteiger partial charge is 0.168 e. The normalized spacial score (nSPS) is 10.6. The highest BCUT2D eigenvalue weighted by molar-refractivity contribution is 5.79. The Hall–Kier alpha value is -2.24. The summed E-state index contributed by atoms with van der Waals surface area (Å²) in [6.07, 6.45) is 1.43. The molecule has 0 fully saturated rings. The molecule has 0 saturated carbocycles. The second-order valence-electron chi connectivity index (χ2n) is 3.39. The molecule has 0 aliphatic heterocycles. The number of hydrogen-bond donors (Lipinski definition) is 3. The minimum absolute atomic E-state index is 0.240. The minimum Gasteiger partial charge on any atom is -0.507 e. The molecule has 16 heavy (non-hydrogen) atoms. The number of nitrogens with two attached hydrogens (primary N) is 1. The predicted octanol–water partition coefficient (Wildman–Crippen LogP) is 1.22. The second kappa shape index (κ2) is 3.41. The van der Waals surface area contributed by atoms with Gasteiger partial charge in [-0.05, 0) is 6.07 Å². The number of phenolic OH excluding ortho intramolecular Hbond substituents is 2. The van der Waals surface area contributed by atoms with Crippen LogP contribution in [0.2, 0.25) is 0 Å². The van der Waals surface area contributed by atoms with E-state index in [-0.39, 0.29) is 11.3 Å². The molecule has 2 rings (SSSR count). The van der Waals surface area contributed by atoms with Crippen LogP contribution in [-0.4, -0.2) is 20.0 Å². The van der Waals surface area contributed by atoms with Crippen molar-refractivity contribution in [3.8, 4) is 22.6 Å². The summed E-state index contributed by atoms with van der Waals surface area (Å²) >= 11 is 0. The van der Waals surface area contributed by atoms with Gasteiger partial charge in [-0.15, -0.1) is 0 Å². The fourth-order valence-corrected chi connectivity index (χ4v) is 1.42. The molecule has 6 heteroatoms. The number of aromatic nitrogens is 2. The molecule has 1 heterocycles. The SMILES string of the molecule is Cn1ncc(-c2cc(O)c(F)cc2O)c1N. The third-order valence-electron chi connectivity index (χ3n) is 2.34. The van der Waals surface area contributed by atoms with Crippen LogP contribution in [0.1, 0.15) is 0 Å². The van der Waals surface area contributed by atoms with Crippen molar-refractivity contribution in [3.63, 3.8) is 0 Å². The standard InChI is InChI=1S/C10H10FN3O2/c1-14-10(12)6(4-13-14)5-2-9(16)7(11)3-8(5)15/h2-4,15-16H,12H2,1H3. The molecular weight excluding hydrogens is 213 g/mol. The molecule has 0 radical (unpaired) electrons. The van der Waals surface area contributed by atoms with Crippen LogP contribution in [0.25, 0.3) is 11.1 Å². The molecular formula is C10H10FN3O2. The van der Waals surface area contributed by atoms with E-state index in [1.165, 1.54) is 10.9 Å². The number of halogens is 1. The Morgan fingerprint density at radius 3 is 2.50 bits per heavy atom. The van der Waals surface area contributed by atoms with E-state index in [4.69, 9.17) is 5.73 Å². The van der Waals surface area contributed by atoms with Gasteiger partial charge in [-0.3, -0.25) is 4.68 Å². The van der Waals surface area contributed by atoms with Crippen LogP contribution in [0.4, 0.5) is 10.2 Å². The average molecular weight is 223 g/mol. The van der Waals surface area contributed by atoms with E-state index in [1.807, 2.05) is 0 Å². The molecule has 1 aromatic carbocycles. The number of phenols is 2. The first-order valence-electron chi connectivity index (χ1n) is 4.50. The van der Waals surface area contributed by atoms with Crippen molar-refractivity contribution >= 4 is 5.82 Å². The highest BCUT2D eigenvalue weighted by Gasteiger charge is 2.14. The molecule has 0 atom stereocenters. The molecule has 1 aromatic heterocycles. The lowest BCUT2D eigenvalue weighted by Crippen LogP contribution is -1.98. The number of aryl methyl sites for hydroxylation is 1. The topological polar surface area (TPSA) is 84.3 Å². The molecule has 0 unspecified atom stereocenters.